The molecule has 5 nitrogen and oxygen atoms in total. The second kappa shape index (κ2) is 8.22. The minimum atomic E-state index is 0.393. The molecule has 1 aromatic carbocycles. The summed E-state index contributed by atoms with van der Waals surface area (Å²) < 4.78 is 10.7. The summed E-state index contributed by atoms with van der Waals surface area (Å²) in [5.41, 5.74) is 3.02. The first kappa shape index (κ1) is 16.9. The standard InChI is InChI=1S/C19H25N3O2/c1-23-13-12-22-11-5-6-15(14-22)18-19(21-10-9-20-18)16-7-3-4-8-17(16)24-2/h3-4,7-10,15H,5-6,11-14H2,1-2H3. The lowest BCUT2D eigenvalue weighted by Gasteiger charge is -2.32. The molecular weight excluding hydrogens is 302 g/mol. The molecule has 2 aromatic rings. The zero-order valence-electron chi connectivity index (χ0n) is 14.4. The van der Waals surface area contributed by atoms with Crippen molar-refractivity contribution in [1.29, 1.82) is 0 Å². The fourth-order valence-corrected chi connectivity index (χ4v) is 3.40. The number of ether oxygens (including phenoxy) is 2. The molecule has 0 radical (unpaired) electrons. The molecular formula is C19H25N3O2. The zero-order valence-corrected chi connectivity index (χ0v) is 14.4. The van der Waals surface area contributed by atoms with Crippen molar-refractivity contribution >= 4 is 0 Å². The van der Waals surface area contributed by atoms with E-state index >= 15 is 0 Å². The van der Waals surface area contributed by atoms with Crippen LogP contribution in [-0.2, 0) is 4.74 Å². The van der Waals surface area contributed by atoms with Crippen LogP contribution in [0.25, 0.3) is 11.3 Å². The second-order valence-corrected chi connectivity index (χ2v) is 6.12. The van der Waals surface area contributed by atoms with E-state index in [0.717, 1.165) is 55.4 Å². The van der Waals surface area contributed by atoms with Crippen LogP contribution < -0.4 is 4.74 Å². The molecule has 24 heavy (non-hydrogen) atoms. The van der Waals surface area contributed by atoms with E-state index in [4.69, 9.17) is 14.5 Å². The van der Waals surface area contributed by atoms with Gasteiger partial charge in [0.15, 0.2) is 0 Å². The number of benzene rings is 1. The lowest BCUT2D eigenvalue weighted by molar-refractivity contribution is 0.127. The van der Waals surface area contributed by atoms with E-state index in [1.807, 2.05) is 18.2 Å². The van der Waals surface area contributed by atoms with Crippen molar-refractivity contribution < 1.29 is 9.47 Å². The highest BCUT2D eigenvalue weighted by molar-refractivity contribution is 5.69. The Bertz CT molecular complexity index is 663. The maximum Gasteiger partial charge on any atom is 0.128 e. The number of piperidine rings is 1. The van der Waals surface area contributed by atoms with Crippen LogP contribution in [0.15, 0.2) is 36.7 Å². The normalized spacial score (nSPS) is 18.5. The summed E-state index contributed by atoms with van der Waals surface area (Å²) in [5, 5.41) is 0. The van der Waals surface area contributed by atoms with Gasteiger partial charge in [-0.1, -0.05) is 12.1 Å². The van der Waals surface area contributed by atoms with Gasteiger partial charge in [-0.3, -0.25) is 9.97 Å². The molecule has 0 saturated carbocycles. The van der Waals surface area contributed by atoms with E-state index in [-0.39, 0.29) is 0 Å². The van der Waals surface area contributed by atoms with Crippen molar-refractivity contribution in [2.75, 3.05) is 40.5 Å². The number of nitrogens with zero attached hydrogens (tertiary/aromatic N) is 3. The SMILES string of the molecule is COCCN1CCCC(c2nccnc2-c2ccccc2OC)C1. The molecule has 1 aromatic heterocycles. The fourth-order valence-electron chi connectivity index (χ4n) is 3.40. The van der Waals surface area contributed by atoms with Crippen LogP contribution in [0.4, 0.5) is 0 Å². The minimum Gasteiger partial charge on any atom is -0.496 e. The van der Waals surface area contributed by atoms with Gasteiger partial charge in [0.2, 0.25) is 0 Å². The summed E-state index contributed by atoms with van der Waals surface area (Å²) in [7, 11) is 3.45. The van der Waals surface area contributed by atoms with Crippen LogP contribution in [0.1, 0.15) is 24.5 Å². The Kier molecular flexibility index (Phi) is 5.77. The number of likely N-dealkylation sites (tertiary alicyclic amines) is 1. The van der Waals surface area contributed by atoms with Crippen molar-refractivity contribution in [3.63, 3.8) is 0 Å². The number of para-hydroxylation sites is 1. The zero-order chi connectivity index (χ0) is 16.8. The van der Waals surface area contributed by atoms with Crippen molar-refractivity contribution in [3.05, 3.63) is 42.4 Å². The number of methoxy groups -OCH3 is 2. The van der Waals surface area contributed by atoms with Gasteiger partial charge >= 0.3 is 0 Å². The van der Waals surface area contributed by atoms with Gasteiger partial charge in [0, 0.05) is 44.1 Å². The third kappa shape index (κ3) is 3.74. The minimum absolute atomic E-state index is 0.393. The topological polar surface area (TPSA) is 47.5 Å². The quantitative estimate of drug-likeness (QED) is 0.816. The van der Waals surface area contributed by atoms with Crippen LogP contribution in [0.5, 0.6) is 5.75 Å². The average molecular weight is 327 g/mol. The molecule has 1 unspecified atom stereocenters. The molecule has 0 bridgehead atoms. The van der Waals surface area contributed by atoms with Gasteiger partial charge in [-0.2, -0.15) is 0 Å². The Morgan fingerprint density at radius 3 is 2.83 bits per heavy atom. The number of hydrogen-bond donors (Lipinski definition) is 0. The van der Waals surface area contributed by atoms with Crippen LogP contribution in [-0.4, -0.2) is 55.3 Å². The van der Waals surface area contributed by atoms with E-state index in [1.54, 1.807) is 26.6 Å². The van der Waals surface area contributed by atoms with E-state index < -0.39 is 0 Å². The fraction of sp³-hybridized carbons (Fsp3) is 0.474. The highest BCUT2D eigenvalue weighted by atomic mass is 16.5. The van der Waals surface area contributed by atoms with Gasteiger partial charge in [0.1, 0.15) is 5.75 Å². The Morgan fingerprint density at radius 2 is 2.00 bits per heavy atom. The van der Waals surface area contributed by atoms with Crippen molar-refractivity contribution in [2.24, 2.45) is 0 Å². The number of aromatic nitrogens is 2. The molecule has 1 atom stereocenters. The lowest BCUT2D eigenvalue weighted by atomic mass is 9.91. The number of rotatable bonds is 6. The molecule has 0 aliphatic carbocycles. The molecule has 1 aliphatic rings. The largest absolute Gasteiger partial charge is 0.496 e. The summed E-state index contributed by atoms with van der Waals surface area (Å²) in [5.74, 6) is 1.23. The summed E-state index contributed by atoms with van der Waals surface area (Å²) >= 11 is 0. The first-order valence-corrected chi connectivity index (χ1v) is 8.49. The molecule has 0 amide bonds. The van der Waals surface area contributed by atoms with E-state index in [9.17, 15) is 0 Å². The molecule has 1 saturated heterocycles. The van der Waals surface area contributed by atoms with Gasteiger partial charge in [0.05, 0.1) is 25.1 Å². The van der Waals surface area contributed by atoms with Crippen LogP contribution in [0.2, 0.25) is 0 Å². The smallest absolute Gasteiger partial charge is 0.128 e. The highest BCUT2D eigenvalue weighted by Gasteiger charge is 2.26. The van der Waals surface area contributed by atoms with Crippen molar-refractivity contribution in [3.8, 4) is 17.0 Å². The first-order chi connectivity index (χ1) is 11.8. The molecule has 0 N–H and O–H groups in total. The summed E-state index contributed by atoms with van der Waals surface area (Å²) in [6.07, 6.45) is 5.87. The summed E-state index contributed by atoms with van der Waals surface area (Å²) in [6.45, 7) is 3.87. The van der Waals surface area contributed by atoms with Crippen LogP contribution in [0, 0.1) is 0 Å². The highest BCUT2D eigenvalue weighted by Crippen LogP contribution is 2.35. The van der Waals surface area contributed by atoms with E-state index in [0.29, 0.717) is 5.92 Å². The maximum absolute atomic E-state index is 5.52. The first-order valence-electron chi connectivity index (χ1n) is 8.49. The predicted octanol–water partition coefficient (Wildman–Crippen LogP) is 2.98. The van der Waals surface area contributed by atoms with Gasteiger partial charge in [-0.15, -0.1) is 0 Å². The van der Waals surface area contributed by atoms with Crippen molar-refractivity contribution in [1.82, 2.24) is 14.9 Å². The Morgan fingerprint density at radius 1 is 1.17 bits per heavy atom. The molecule has 128 valence electrons. The summed E-state index contributed by atoms with van der Waals surface area (Å²) in [4.78, 5) is 11.8. The number of hydrogen-bond acceptors (Lipinski definition) is 5. The van der Waals surface area contributed by atoms with Gasteiger partial charge in [-0.25, -0.2) is 0 Å². The summed E-state index contributed by atoms with van der Waals surface area (Å²) in [6, 6.07) is 8.02. The van der Waals surface area contributed by atoms with Gasteiger partial charge in [-0.05, 0) is 31.5 Å². The molecule has 1 fully saturated rings. The molecule has 5 heteroatoms. The third-order valence-corrected chi connectivity index (χ3v) is 4.59. The lowest BCUT2D eigenvalue weighted by Crippen LogP contribution is -2.37. The Labute approximate surface area is 143 Å². The molecule has 1 aliphatic heterocycles. The third-order valence-electron chi connectivity index (χ3n) is 4.59. The molecule has 2 heterocycles. The van der Waals surface area contributed by atoms with Crippen LogP contribution in [0.3, 0.4) is 0 Å². The monoisotopic (exact) mass is 327 g/mol. The van der Waals surface area contributed by atoms with Crippen LogP contribution >= 0.6 is 0 Å². The van der Waals surface area contributed by atoms with E-state index in [1.165, 1.54) is 6.42 Å². The van der Waals surface area contributed by atoms with E-state index in [2.05, 4.69) is 16.0 Å². The van der Waals surface area contributed by atoms with Gasteiger partial charge in [0.25, 0.3) is 0 Å². The average Bonchev–Trinajstić information content (AvgIpc) is 2.66. The molecule has 0 spiro atoms. The Hall–Kier alpha value is -1.98. The Balaban J connectivity index is 1.89. The molecule has 3 rings (SSSR count). The van der Waals surface area contributed by atoms with Crippen molar-refractivity contribution in [2.45, 2.75) is 18.8 Å². The maximum atomic E-state index is 5.52. The van der Waals surface area contributed by atoms with Gasteiger partial charge < -0.3 is 14.4 Å². The second-order valence-electron chi connectivity index (χ2n) is 6.12. The predicted molar refractivity (Wildman–Crippen MR) is 94.3 cm³/mol.